The van der Waals surface area contributed by atoms with Gasteiger partial charge in [-0.05, 0) is 6.07 Å². The third kappa shape index (κ3) is 5.85. The van der Waals surface area contributed by atoms with Gasteiger partial charge < -0.3 is 15.4 Å². The van der Waals surface area contributed by atoms with Gasteiger partial charge in [0.25, 0.3) is 0 Å². The molecule has 0 aliphatic rings. The molecule has 0 spiro atoms. The Morgan fingerprint density at radius 2 is 1.81 bits per heavy atom. The molecule has 0 heterocycles. The van der Waals surface area contributed by atoms with E-state index in [0.717, 1.165) is 11.3 Å². The Morgan fingerprint density at radius 3 is 2.43 bits per heavy atom. The quantitative estimate of drug-likeness (QED) is 0.841. The molecule has 0 radical (unpaired) electrons. The van der Waals surface area contributed by atoms with Crippen LogP contribution in [0.1, 0.15) is 32.8 Å². The average molecular weight is 292 g/mol. The molecule has 0 bridgehead atoms. The highest BCUT2D eigenvalue weighted by Crippen LogP contribution is 2.16. The predicted octanol–water partition coefficient (Wildman–Crippen LogP) is 1.86. The number of rotatable bonds is 6. The average Bonchev–Trinajstić information content (AvgIpc) is 2.44. The fourth-order valence-corrected chi connectivity index (χ4v) is 1.69. The van der Waals surface area contributed by atoms with Gasteiger partial charge in [0, 0.05) is 30.5 Å². The third-order valence-corrected chi connectivity index (χ3v) is 2.99. The summed E-state index contributed by atoms with van der Waals surface area (Å²) in [5, 5.41) is 5.57. The number of benzene rings is 1. The third-order valence-electron chi connectivity index (χ3n) is 2.99. The van der Waals surface area contributed by atoms with Crippen molar-refractivity contribution in [2.75, 3.05) is 13.7 Å². The summed E-state index contributed by atoms with van der Waals surface area (Å²) in [5.74, 6) is 0.592. The van der Waals surface area contributed by atoms with Gasteiger partial charge in [-0.2, -0.15) is 0 Å². The number of hydrogen-bond donors (Lipinski definition) is 2. The van der Waals surface area contributed by atoms with Crippen molar-refractivity contribution in [3.8, 4) is 5.75 Å². The Hall–Kier alpha value is -2.04. The topological polar surface area (TPSA) is 67.4 Å². The van der Waals surface area contributed by atoms with Crippen LogP contribution in [0.2, 0.25) is 0 Å². The summed E-state index contributed by atoms with van der Waals surface area (Å²) < 4.78 is 5.22. The van der Waals surface area contributed by atoms with Crippen LogP contribution in [-0.2, 0) is 16.1 Å². The SMILES string of the molecule is COc1ccccc1CNC(=O)CCNC(=O)C(C)(C)C. The first-order chi connectivity index (χ1) is 9.84. The standard InChI is InChI=1S/C16H24N2O3/c1-16(2,3)15(20)17-10-9-14(19)18-11-12-7-5-6-8-13(12)21-4/h5-8H,9-11H2,1-4H3,(H,17,20)(H,18,19). The van der Waals surface area contributed by atoms with E-state index in [9.17, 15) is 9.59 Å². The minimum Gasteiger partial charge on any atom is -0.496 e. The van der Waals surface area contributed by atoms with Crippen molar-refractivity contribution in [1.29, 1.82) is 0 Å². The van der Waals surface area contributed by atoms with Crippen molar-refractivity contribution < 1.29 is 14.3 Å². The number of para-hydroxylation sites is 1. The van der Waals surface area contributed by atoms with Gasteiger partial charge >= 0.3 is 0 Å². The maximum absolute atomic E-state index is 11.7. The van der Waals surface area contributed by atoms with Crippen LogP contribution in [0.3, 0.4) is 0 Å². The molecule has 0 saturated carbocycles. The van der Waals surface area contributed by atoms with E-state index in [2.05, 4.69) is 10.6 Å². The number of carbonyl (C=O) groups excluding carboxylic acids is 2. The van der Waals surface area contributed by atoms with Gasteiger partial charge in [-0.15, -0.1) is 0 Å². The van der Waals surface area contributed by atoms with E-state index in [0.29, 0.717) is 13.1 Å². The van der Waals surface area contributed by atoms with E-state index in [4.69, 9.17) is 4.74 Å². The molecule has 1 aromatic rings. The van der Waals surface area contributed by atoms with Gasteiger partial charge in [-0.1, -0.05) is 39.0 Å². The first kappa shape index (κ1) is 17.0. The fraction of sp³-hybridized carbons (Fsp3) is 0.500. The summed E-state index contributed by atoms with van der Waals surface area (Å²) in [6.45, 7) is 6.27. The molecule has 0 saturated heterocycles. The molecule has 0 aliphatic carbocycles. The van der Waals surface area contributed by atoms with E-state index in [-0.39, 0.29) is 18.2 Å². The Kier molecular flexibility index (Phi) is 6.21. The Balaban J connectivity index is 2.33. The Bertz CT molecular complexity index is 493. The van der Waals surface area contributed by atoms with Crippen molar-refractivity contribution >= 4 is 11.8 Å². The zero-order chi connectivity index (χ0) is 15.9. The van der Waals surface area contributed by atoms with Crippen LogP contribution in [0.25, 0.3) is 0 Å². The highest BCUT2D eigenvalue weighted by atomic mass is 16.5. The second-order valence-electron chi connectivity index (χ2n) is 5.84. The Morgan fingerprint density at radius 1 is 1.14 bits per heavy atom. The zero-order valence-electron chi connectivity index (χ0n) is 13.2. The van der Waals surface area contributed by atoms with Crippen LogP contribution in [0.15, 0.2) is 24.3 Å². The largest absolute Gasteiger partial charge is 0.496 e. The molecule has 0 fully saturated rings. The second kappa shape index (κ2) is 7.67. The van der Waals surface area contributed by atoms with E-state index in [1.807, 2.05) is 45.0 Å². The number of methoxy groups -OCH3 is 1. The number of amides is 2. The Labute approximate surface area is 126 Å². The maximum Gasteiger partial charge on any atom is 0.225 e. The first-order valence-corrected chi connectivity index (χ1v) is 7.01. The van der Waals surface area contributed by atoms with Crippen LogP contribution >= 0.6 is 0 Å². The molecule has 5 heteroatoms. The molecule has 0 unspecified atom stereocenters. The molecule has 0 aliphatic heterocycles. The van der Waals surface area contributed by atoms with Gasteiger partial charge in [-0.25, -0.2) is 0 Å². The van der Waals surface area contributed by atoms with Crippen LogP contribution in [0.5, 0.6) is 5.75 Å². The van der Waals surface area contributed by atoms with E-state index in [1.54, 1.807) is 7.11 Å². The summed E-state index contributed by atoms with van der Waals surface area (Å²) in [5.41, 5.74) is 0.487. The highest BCUT2D eigenvalue weighted by Gasteiger charge is 2.20. The van der Waals surface area contributed by atoms with Crippen molar-refractivity contribution in [3.63, 3.8) is 0 Å². The number of hydrogen-bond acceptors (Lipinski definition) is 3. The molecule has 1 aromatic carbocycles. The molecule has 21 heavy (non-hydrogen) atoms. The van der Waals surface area contributed by atoms with Gasteiger partial charge in [0.05, 0.1) is 7.11 Å². The summed E-state index contributed by atoms with van der Waals surface area (Å²) >= 11 is 0. The second-order valence-corrected chi connectivity index (χ2v) is 5.84. The lowest BCUT2D eigenvalue weighted by Crippen LogP contribution is -2.37. The molecule has 0 atom stereocenters. The normalized spacial score (nSPS) is 10.9. The van der Waals surface area contributed by atoms with E-state index < -0.39 is 5.41 Å². The molecule has 5 nitrogen and oxygen atoms in total. The lowest BCUT2D eigenvalue weighted by Gasteiger charge is -2.17. The minimum atomic E-state index is -0.437. The highest BCUT2D eigenvalue weighted by molar-refractivity contribution is 5.82. The first-order valence-electron chi connectivity index (χ1n) is 7.01. The lowest BCUT2D eigenvalue weighted by molar-refractivity contribution is -0.128. The monoisotopic (exact) mass is 292 g/mol. The predicted molar refractivity (Wildman–Crippen MR) is 81.9 cm³/mol. The number of ether oxygens (including phenoxy) is 1. The van der Waals surface area contributed by atoms with Crippen molar-refractivity contribution in [1.82, 2.24) is 10.6 Å². The maximum atomic E-state index is 11.7. The molecule has 0 aromatic heterocycles. The molecule has 2 amide bonds. The number of carbonyl (C=O) groups is 2. The minimum absolute atomic E-state index is 0.0555. The van der Waals surface area contributed by atoms with Crippen molar-refractivity contribution in [3.05, 3.63) is 29.8 Å². The molecule has 1 rings (SSSR count). The fourth-order valence-electron chi connectivity index (χ4n) is 1.69. The zero-order valence-corrected chi connectivity index (χ0v) is 13.2. The van der Waals surface area contributed by atoms with E-state index >= 15 is 0 Å². The lowest BCUT2D eigenvalue weighted by atomic mass is 9.96. The summed E-state index contributed by atoms with van der Waals surface area (Å²) in [7, 11) is 1.60. The molecular formula is C16H24N2O3. The van der Waals surface area contributed by atoms with Crippen LogP contribution in [-0.4, -0.2) is 25.5 Å². The summed E-state index contributed by atoms with van der Waals surface area (Å²) in [6.07, 6.45) is 0.261. The summed E-state index contributed by atoms with van der Waals surface area (Å²) in [4.78, 5) is 23.4. The van der Waals surface area contributed by atoms with Gasteiger partial charge in [0.15, 0.2) is 0 Å². The number of nitrogens with one attached hydrogen (secondary N) is 2. The van der Waals surface area contributed by atoms with Gasteiger partial charge in [0.2, 0.25) is 11.8 Å². The van der Waals surface area contributed by atoms with Gasteiger partial charge in [0.1, 0.15) is 5.75 Å². The smallest absolute Gasteiger partial charge is 0.225 e. The van der Waals surface area contributed by atoms with Crippen LogP contribution < -0.4 is 15.4 Å². The molecule has 2 N–H and O–H groups in total. The molecular weight excluding hydrogens is 268 g/mol. The van der Waals surface area contributed by atoms with Crippen molar-refractivity contribution in [2.24, 2.45) is 5.41 Å². The summed E-state index contributed by atoms with van der Waals surface area (Å²) in [6, 6.07) is 7.53. The van der Waals surface area contributed by atoms with Crippen LogP contribution in [0, 0.1) is 5.41 Å². The van der Waals surface area contributed by atoms with Crippen molar-refractivity contribution in [2.45, 2.75) is 33.7 Å². The van der Waals surface area contributed by atoms with E-state index in [1.165, 1.54) is 0 Å². The molecule has 116 valence electrons. The van der Waals surface area contributed by atoms with Gasteiger partial charge in [-0.3, -0.25) is 9.59 Å². The van der Waals surface area contributed by atoms with Crippen LogP contribution in [0.4, 0.5) is 0 Å².